The molecule has 1 saturated heterocycles. The van der Waals surface area contributed by atoms with Gasteiger partial charge in [0.05, 0.1) is 13.2 Å². The summed E-state index contributed by atoms with van der Waals surface area (Å²) < 4.78 is 5.31. The van der Waals surface area contributed by atoms with Crippen LogP contribution in [0.25, 0.3) is 0 Å². The number of H-pyrrole nitrogens is 1. The van der Waals surface area contributed by atoms with Crippen molar-refractivity contribution < 1.29 is 14.3 Å². The van der Waals surface area contributed by atoms with Crippen molar-refractivity contribution >= 4 is 11.8 Å². The SMILES string of the molecule is O=C(NC1CC1)C1COCCN1C(=O)c1ccc(=O)[nH]n1. The Hall–Kier alpha value is -2.22. The van der Waals surface area contributed by atoms with Crippen LogP contribution in [0.2, 0.25) is 0 Å². The number of aromatic amines is 1. The van der Waals surface area contributed by atoms with Crippen LogP contribution in [0.3, 0.4) is 0 Å². The van der Waals surface area contributed by atoms with Crippen LogP contribution in [0, 0.1) is 0 Å². The maximum Gasteiger partial charge on any atom is 0.275 e. The molecule has 3 rings (SSSR count). The van der Waals surface area contributed by atoms with Gasteiger partial charge in [0.25, 0.3) is 11.5 Å². The summed E-state index contributed by atoms with van der Waals surface area (Å²) in [6, 6.07) is 2.16. The van der Waals surface area contributed by atoms with Gasteiger partial charge in [0.2, 0.25) is 5.91 Å². The zero-order valence-corrected chi connectivity index (χ0v) is 11.4. The summed E-state index contributed by atoms with van der Waals surface area (Å²) >= 11 is 0. The van der Waals surface area contributed by atoms with E-state index in [0.717, 1.165) is 12.8 Å². The molecular weight excluding hydrogens is 276 g/mol. The highest BCUT2D eigenvalue weighted by Gasteiger charge is 2.36. The molecule has 8 nitrogen and oxygen atoms in total. The molecule has 0 radical (unpaired) electrons. The molecule has 1 atom stereocenters. The number of carbonyl (C=O) groups is 2. The van der Waals surface area contributed by atoms with Crippen molar-refractivity contribution in [2.24, 2.45) is 0 Å². The molecule has 8 heteroatoms. The minimum atomic E-state index is -0.652. The van der Waals surface area contributed by atoms with Crippen molar-refractivity contribution in [3.63, 3.8) is 0 Å². The lowest BCUT2D eigenvalue weighted by atomic mass is 10.2. The van der Waals surface area contributed by atoms with Crippen LogP contribution in [0.5, 0.6) is 0 Å². The molecule has 1 aromatic rings. The molecule has 0 aromatic carbocycles. The number of ether oxygens (including phenoxy) is 1. The van der Waals surface area contributed by atoms with Crippen LogP contribution < -0.4 is 10.9 Å². The number of morpholine rings is 1. The first-order valence-corrected chi connectivity index (χ1v) is 6.90. The van der Waals surface area contributed by atoms with E-state index in [2.05, 4.69) is 15.5 Å². The number of nitrogens with one attached hydrogen (secondary N) is 2. The zero-order valence-electron chi connectivity index (χ0n) is 11.4. The molecule has 1 aliphatic carbocycles. The smallest absolute Gasteiger partial charge is 0.275 e. The summed E-state index contributed by atoms with van der Waals surface area (Å²) in [4.78, 5) is 37.1. The Balaban J connectivity index is 1.76. The van der Waals surface area contributed by atoms with Crippen molar-refractivity contribution in [3.8, 4) is 0 Å². The predicted octanol–water partition coefficient (Wildman–Crippen LogP) is -1.11. The van der Waals surface area contributed by atoms with Crippen molar-refractivity contribution in [1.82, 2.24) is 20.4 Å². The summed E-state index contributed by atoms with van der Waals surface area (Å²) in [7, 11) is 0. The first-order chi connectivity index (χ1) is 10.1. The van der Waals surface area contributed by atoms with Gasteiger partial charge in [0.15, 0.2) is 0 Å². The Kier molecular flexibility index (Phi) is 3.70. The third kappa shape index (κ3) is 3.10. The zero-order chi connectivity index (χ0) is 14.8. The first-order valence-electron chi connectivity index (χ1n) is 6.90. The lowest BCUT2D eigenvalue weighted by Crippen LogP contribution is -2.56. The fourth-order valence-corrected chi connectivity index (χ4v) is 2.20. The summed E-state index contributed by atoms with van der Waals surface area (Å²) in [5.41, 5.74) is -0.266. The van der Waals surface area contributed by atoms with Crippen LogP contribution in [0.1, 0.15) is 23.3 Å². The number of rotatable bonds is 3. The van der Waals surface area contributed by atoms with Crippen LogP contribution >= 0.6 is 0 Å². The molecular formula is C13H16N4O4. The number of nitrogens with zero attached hydrogens (tertiary/aromatic N) is 2. The molecule has 2 aliphatic rings. The Bertz CT molecular complexity index is 590. The van der Waals surface area contributed by atoms with Gasteiger partial charge in [0.1, 0.15) is 11.7 Å². The van der Waals surface area contributed by atoms with Crippen LogP contribution in [-0.4, -0.2) is 58.8 Å². The van der Waals surface area contributed by atoms with Gasteiger partial charge in [-0.25, -0.2) is 5.10 Å². The number of amides is 2. The standard InChI is InChI=1S/C13H16N4O4/c18-11-4-3-9(15-16-11)13(20)17-5-6-21-7-10(17)12(19)14-8-1-2-8/h3-4,8,10H,1-2,5-7H2,(H,14,19)(H,16,18). The first kappa shape index (κ1) is 13.7. The fraction of sp³-hybridized carbons (Fsp3) is 0.538. The van der Waals surface area contributed by atoms with E-state index >= 15 is 0 Å². The number of hydrogen-bond acceptors (Lipinski definition) is 5. The molecule has 1 aliphatic heterocycles. The van der Waals surface area contributed by atoms with E-state index in [-0.39, 0.29) is 35.7 Å². The lowest BCUT2D eigenvalue weighted by molar-refractivity contribution is -0.130. The quantitative estimate of drug-likeness (QED) is 0.735. The molecule has 2 heterocycles. The second-order valence-corrected chi connectivity index (χ2v) is 5.18. The van der Waals surface area contributed by atoms with E-state index < -0.39 is 6.04 Å². The summed E-state index contributed by atoms with van der Waals surface area (Å²) in [6.45, 7) is 0.873. The highest BCUT2D eigenvalue weighted by Crippen LogP contribution is 2.20. The van der Waals surface area contributed by atoms with E-state index in [1.165, 1.54) is 17.0 Å². The number of hydrogen-bond donors (Lipinski definition) is 2. The van der Waals surface area contributed by atoms with Crippen LogP contribution in [0.15, 0.2) is 16.9 Å². The Labute approximate surface area is 120 Å². The van der Waals surface area contributed by atoms with Gasteiger partial charge >= 0.3 is 0 Å². The maximum absolute atomic E-state index is 12.4. The summed E-state index contributed by atoms with van der Waals surface area (Å²) in [5, 5.41) is 8.82. The van der Waals surface area contributed by atoms with Gasteiger partial charge in [-0.15, -0.1) is 0 Å². The third-order valence-corrected chi connectivity index (χ3v) is 3.51. The minimum Gasteiger partial charge on any atom is -0.377 e. The van der Waals surface area contributed by atoms with E-state index in [9.17, 15) is 14.4 Å². The van der Waals surface area contributed by atoms with Crippen molar-refractivity contribution in [1.29, 1.82) is 0 Å². The normalized spacial score (nSPS) is 21.9. The molecule has 1 saturated carbocycles. The number of aromatic nitrogens is 2. The Morgan fingerprint density at radius 1 is 1.38 bits per heavy atom. The fourth-order valence-electron chi connectivity index (χ4n) is 2.20. The largest absolute Gasteiger partial charge is 0.377 e. The maximum atomic E-state index is 12.4. The van der Waals surface area contributed by atoms with E-state index in [1.54, 1.807) is 0 Å². The molecule has 2 N–H and O–H groups in total. The predicted molar refractivity (Wildman–Crippen MR) is 71.7 cm³/mol. The highest BCUT2D eigenvalue weighted by atomic mass is 16.5. The summed E-state index contributed by atoms with van der Waals surface area (Å²) in [5.74, 6) is -0.583. The average molecular weight is 292 g/mol. The van der Waals surface area contributed by atoms with Gasteiger partial charge in [-0.3, -0.25) is 14.4 Å². The molecule has 0 spiro atoms. The molecule has 2 fully saturated rings. The molecule has 21 heavy (non-hydrogen) atoms. The van der Waals surface area contributed by atoms with Gasteiger partial charge in [-0.05, 0) is 18.9 Å². The van der Waals surface area contributed by atoms with Crippen LogP contribution in [0.4, 0.5) is 0 Å². The minimum absolute atomic E-state index is 0.112. The summed E-state index contributed by atoms with van der Waals surface area (Å²) in [6.07, 6.45) is 1.96. The highest BCUT2D eigenvalue weighted by molar-refractivity contribution is 5.96. The molecule has 1 unspecified atom stereocenters. The molecule has 2 amide bonds. The van der Waals surface area contributed by atoms with Gasteiger partial charge in [-0.1, -0.05) is 0 Å². The van der Waals surface area contributed by atoms with E-state index in [1.807, 2.05) is 0 Å². The Morgan fingerprint density at radius 3 is 2.86 bits per heavy atom. The monoisotopic (exact) mass is 292 g/mol. The second-order valence-electron chi connectivity index (χ2n) is 5.18. The van der Waals surface area contributed by atoms with Gasteiger partial charge in [-0.2, -0.15) is 5.10 Å². The number of carbonyl (C=O) groups excluding carboxylic acids is 2. The lowest BCUT2D eigenvalue weighted by Gasteiger charge is -2.34. The van der Waals surface area contributed by atoms with Gasteiger partial charge in [0, 0.05) is 18.7 Å². The molecule has 1 aromatic heterocycles. The van der Waals surface area contributed by atoms with E-state index in [4.69, 9.17) is 4.74 Å². The molecule has 112 valence electrons. The van der Waals surface area contributed by atoms with Crippen molar-refractivity contribution in [2.45, 2.75) is 24.9 Å². The Morgan fingerprint density at radius 2 is 2.19 bits per heavy atom. The van der Waals surface area contributed by atoms with Gasteiger partial charge < -0.3 is 15.0 Å². The van der Waals surface area contributed by atoms with Crippen LogP contribution in [-0.2, 0) is 9.53 Å². The topological polar surface area (TPSA) is 104 Å². The average Bonchev–Trinajstić information content (AvgIpc) is 3.31. The second kappa shape index (κ2) is 5.65. The molecule has 0 bridgehead atoms. The van der Waals surface area contributed by atoms with E-state index in [0.29, 0.717) is 13.2 Å². The third-order valence-electron chi connectivity index (χ3n) is 3.51. The van der Waals surface area contributed by atoms with Crippen molar-refractivity contribution in [3.05, 3.63) is 28.2 Å². The van der Waals surface area contributed by atoms with Crippen molar-refractivity contribution in [2.75, 3.05) is 19.8 Å².